The summed E-state index contributed by atoms with van der Waals surface area (Å²) < 4.78 is 1.81. The number of amides is 1. The van der Waals surface area contributed by atoms with Crippen LogP contribution in [-0.4, -0.2) is 38.8 Å². The van der Waals surface area contributed by atoms with E-state index in [0.29, 0.717) is 18.1 Å². The first-order valence-electron chi connectivity index (χ1n) is 10.0. The number of halogens is 1. The molecule has 0 bridgehead atoms. The average molecular weight is 413 g/mol. The minimum absolute atomic E-state index is 0.0565. The highest BCUT2D eigenvalue weighted by atomic mass is 35.5. The van der Waals surface area contributed by atoms with Crippen molar-refractivity contribution in [3.8, 4) is 0 Å². The van der Waals surface area contributed by atoms with E-state index in [1.807, 2.05) is 40.9 Å². The second-order valence-electron chi connectivity index (χ2n) is 7.80. The fourth-order valence-corrected chi connectivity index (χ4v) is 3.79. The van der Waals surface area contributed by atoms with Crippen molar-refractivity contribution in [3.05, 3.63) is 52.8 Å². The van der Waals surface area contributed by atoms with E-state index < -0.39 is 0 Å². The lowest BCUT2D eigenvalue weighted by Gasteiger charge is -2.32. The standard InChI is InChI=1S/C21H25ClN6O/c1-14(2)20-25-24-18-9-10-19(26-28(18)20)27-11-3-4-16(13-27)21(29)23-12-15-5-7-17(22)8-6-15/h5-10,14,16H,3-4,11-13H2,1-2H3,(H,23,29)/t16-/m1/s1. The summed E-state index contributed by atoms with van der Waals surface area (Å²) >= 11 is 5.92. The second-order valence-corrected chi connectivity index (χ2v) is 8.24. The molecule has 1 fully saturated rings. The average Bonchev–Trinajstić information content (AvgIpc) is 3.17. The van der Waals surface area contributed by atoms with Crippen LogP contribution in [0.15, 0.2) is 36.4 Å². The fourth-order valence-electron chi connectivity index (χ4n) is 3.66. The number of nitrogens with zero attached hydrogens (tertiary/aromatic N) is 5. The van der Waals surface area contributed by atoms with Gasteiger partial charge in [0.05, 0.1) is 5.92 Å². The monoisotopic (exact) mass is 412 g/mol. The molecule has 1 aromatic carbocycles. The molecule has 3 aromatic rings. The minimum Gasteiger partial charge on any atom is -0.354 e. The Morgan fingerprint density at radius 3 is 2.76 bits per heavy atom. The van der Waals surface area contributed by atoms with Crippen molar-refractivity contribution in [2.45, 2.75) is 39.2 Å². The number of benzene rings is 1. The van der Waals surface area contributed by atoms with Crippen molar-refractivity contribution in [2.75, 3.05) is 18.0 Å². The number of aromatic nitrogens is 4. The Kier molecular flexibility index (Phi) is 5.67. The molecule has 2 aromatic heterocycles. The molecule has 1 amide bonds. The SMILES string of the molecule is CC(C)c1nnc2ccc(N3CCC[C@@H](C(=O)NCc4ccc(Cl)cc4)C3)nn12. The maximum Gasteiger partial charge on any atom is 0.225 e. The number of hydrogen-bond donors (Lipinski definition) is 1. The number of rotatable bonds is 5. The molecule has 1 aliphatic heterocycles. The van der Waals surface area contributed by atoms with E-state index in [9.17, 15) is 4.79 Å². The molecule has 152 valence electrons. The van der Waals surface area contributed by atoms with Gasteiger partial charge in [0.15, 0.2) is 11.5 Å². The van der Waals surface area contributed by atoms with E-state index in [-0.39, 0.29) is 17.7 Å². The van der Waals surface area contributed by atoms with Gasteiger partial charge in [0, 0.05) is 30.6 Å². The van der Waals surface area contributed by atoms with Crippen LogP contribution >= 0.6 is 11.6 Å². The zero-order valence-electron chi connectivity index (χ0n) is 16.7. The molecule has 3 heterocycles. The molecule has 0 saturated carbocycles. The van der Waals surface area contributed by atoms with E-state index >= 15 is 0 Å². The number of carbonyl (C=O) groups excluding carboxylic acids is 1. The van der Waals surface area contributed by atoms with Crippen molar-refractivity contribution in [1.82, 2.24) is 25.1 Å². The molecule has 1 N–H and O–H groups in total. The predicted octanol–water partition coefficient (Wildman–Crippen LogP) is 3.43. The van der Waals surface area contributed by atoms with Gasteiger partial charge in [-0.05, 0) is 42.7 Å². The number of fused-ring (bicyclic) bond motifs is 1. The van der Waals surface area contributed by atoms with Gasteiger partial charge in [0.2, 0.25) is 5.91 Å². The quantitative estimate of drug-likeness (QED) is 0.694. The Morgan fingerprint density at radius 2 is 2.00 bits per heavy atom. The normalized spacial score (nSPS) is 17.1. The van der Waals surface area contributed by atoms with Crippen LogP contribution < -0.4 is 10.2 Å². The highest BCUT2D eigenvalue weighted by Crippen LogP contribution is 2.23. The number of piperidine rings is 1. The van der Waals surface area contributed by atoms with Gasteiger partial charge >= 0.3 is 0 Å². The van der Waals surface area contributed by atoms with E-state index in [4.69, 9.17) is 16.7 Å². The summed E-state index contributed by atoms with van der Waals surface area (Å²) in [6, 6.07) is 11.4. The first kappa shape index (κ1) is 19.6. The van der Waals surface area contributed by atoms with Crippen molar-refractivity contribution >= 4 is 29.0 Å². The third-order valence-electron chi connectivity index (χ3n) is 5.29. The van der Waals surface area contributed by atoms with Gasteiger partial charge in [-0.2, -0.15) is 4.52 Å². The summed E-state index contributed by atoms with van der Waals surface area (Å²) in [5.74, 6) is 1.96. The van der Waals surface area contributed by atoms with Crippen molar-refractivity contribution in [2.24, 2.45) is 5.92 Å². The maximum atomic E-state index is 12.7. The lowest BCUT2D eigenvalue weighted by molar-refractivity contribution is -0.125. The highest BCUT2D eigenvalue weighted by Gasteiger charge is 2.27. The molecular formula is C21H25ClN6O. The Bertz CT molecular complexity index is 1000. The van der Waals surface area contributed by atoms with E-state index in [1.54, 1.807) is 0 Å². The van der Waals surface area contributed by atoms with Crippen LogP contribution in [-0.2, 0) is 11.3 Å². The summed E-state index contributed by atoms with van der Waals surface area (Å²) in [4.78, 5) is 14.9. The van der Waals surface area contributed by atoms with Crippen molar-refractivity contribution in [3.63, 3.8) is 0 Å². The number of anilines is 1. The van der Waals surface area contributed by atoms with Gasteiger partial charge in [-0.15, -0.1) is 15.3 Å². The largest absolute Gasteiger partial charge is 0.354 e. The Labute approximate surface area is 175 Å². The van der Waals surface area contributed by atoms with E-state index in [0.717, 1.165) is 42.2 Å². The van der Waals surface area contributed by atoms with Gasteiger partial charge in [0.1, 0.15) is 5.82 Å². The topological polar surface area (TPSA) is 75.4 Å². The van der Waals surface area contributed by atoms with E-state index in [1.165, 1.54) is 0 Å². The van der Waals surface area contributed by atoms with Crippen LogP contribution in [0.4, 0.5) is 5.82 Å². The summed E-state index contributed by atoms with van der Waals surface area (Å²) in [5.41, 5.74) is 1.78. The number of nitrogens with one attached hydrogen (secondary N) is 1. The molecule has 8 heteroatoms. The van der Waals surface area contributed by atoms with Crippen molar-refractivity contribution in [1.29, 1.82) is 0 Å². The summed E-state index contributed by atoms with van der Waals surface area (Å²) in [6.07, 6.45) is 1.84. The predicted molar refractivity (Wildman–Crippen MR) is 113 cm³/mol. The fraction of sp³-hybridized carbons (Fsp3) is 0.429. The molecule has 29 heavy (non-hydrogen) atoms. The van der Waals surface area contributed by atoms with Gasteiger partial charge in [0.25, 0.3) is 0 Å². The van der Waals surface area contributed by atoms with Gasteiger partial charge in [-0.25, -0.2) is 0 Å². The van der Waals surface area contributed by atoms with Crippen LogP contribution in [0.5, 0.6) is 0 Å². The number of hydrogen-bond acceptors (Lipinski definition) is 5. The molecule has 1 saturated heterocycles. The molecule has 4 rings (SSSR count). The lowest BCUT2D eigenvalue weighted by Crippen LogP contribution is -2.43. The molecule has 0 spiro atoms. The third kappa shape index (κ3) is 4.34. The zero-order chi connectivity index (χ0) is 20.4. The summed E-state index contributed by atoms with van der Waals surface area (Å²) in [6.45, 7) is 6.21. The molecule has 7 nitrogen and oxygen atoms in total. The minimum atomic E-state index is -0.0565. The smallest absolute Gasteiger partial charge is 0.225 e. The molecule has 0 radical (unpaired) electrons. The maximum absolute atomic E-state index is 12.7. The summed E-state index contributed by atoms with van der Waals surface area (Å²) in [7, 11) is 0. The van der Waals surface area contributed by atoms with Crippen LogP contribution in [0, 0.1) is 5.92 Å². The first-order chi connectivity index (χ1) is 14.0. The molecular weight excluding hydrogens is 388 g/mol. The molecule has 1 aliphatic rings. The van der Waals surface area contributed by atoms with Crippen molar-refractivity contribution < 1.29 is 4.79 Å². The first-order valence-corrected chi connectivity index (χ1v) is 10.4. The van der Waals surface area contributed by atoms with Crippen LogP contribution in [0.1, 0.15) is 44.0 Å². The van der Waals surface area contributed by atoms with Crippen LogP contribution in [0.25, 0.3) is 5.65 Å². The van der Waals surface area contributed by atoms with Gasteiger partial charge in [-0.1, -0.05) is 37.6 Å². The Balaban J connectivity index is 1.43. The zero-order valence-corrected chi connectivity index (χ0v) is 17.4. The van der Waals surface area contributed by atoms with Gasteiger partial charge in [-0.3, -0.25) is 4.79 Å². The van der Waals surface area contributed by atoms with Crippen LogP contribution in [0.2, 0.25) is 5.02 Å². The highest BCUT2D eigenvalue weighted by molar-refractivity contribution is 6.30. The Hall–Kier alpha value is -2.67. The summed E-state index contributed by atoms with van der Waals surface area (Å²) in [5, 5.41) is 16.9. The molecule has 1 atom stereocenters. The second kappa shape index (κ2) is 8.37. The Morgan fingerprint density at radius 1 is 1.21 bits per heavy atom. The lowest BCUT2D eigenvalue weighted by atomic mass is 9.97. The number of carbonyl (C=O) groups is 1. The van der Waals surface area contributed by atoms with Crippen LogP contribution in [0.3, 0.4) is 0 Å². The molecule has 0 aliphatic carbocycles. The van der Waals surface area contributed by atoms with Gasteiger partial charge < -0.3 is 10.2 Å². The van der Waals surface area contributed by atoms with E-state index in [2.05, 4.69) is 34.3 Å². The molecule has 0 unspecified atom stereocenters. The third-order valence-corrected chi connectivity index (χ3v) is 5.54.